The molecular formula is C28H20ClNO5S. The van der Waals surface area contributed by atoms with Crippen LogP contribution in [0.25, 0.3) is 27.9 Å². The first-order valence-electron chi connectivity index (χ1n) is 11.0. The summed E-state index contributed by atoms with van der Waals surface area (Å²) in [6, 6.07) is 23.2. The van der Waals surface area contributed by atoms with Crippen LogP contribution in [0.15, 0.2) is 103 Å². The maximum Gasteiger partial charge on any atom is 0.354 e. The molecule has 3 aromatic carbocycles. The molecule has 1 N–H and O–H groups in total. The van der Waals surface area contributed by atoms with Crippen molar-refractivity contribution < 1.29 is 14.3 Å². The Morgan fingerprint density at radius 3 is 2.39 bits per heavy atom. The third kappa shape index (κ3) is 4.17. The molecule has 6 nitrogen and oxygen atoms in total. The molecule has 0 radical (unpaired) electrons. The second kappa shape index (κ2) is 9.60. The van der Waals surface area contributed by atoms with Gasteiger partial charge in [0.2, 0.25) is 0 Å². The molecule has 0 unspecified atom stereocenters. The molecule has 8 heteroatoms. The second-order valence-corrected chi connectivity index (χ2v) is 9.53. The summed E-state index contributed by atoms with van der Waals surface area (Å²) in [7, 11) is 1.55. The minimum absolute atomic E-state index is 0.0426. The van der Waals surface area contributed by atoms with Crippen LogP contribution in [0, 0.1) is 6.92 Å². The molecule has 5 rings (SSSR count). The van der Waals surface area contributed by atoms with Gasteiger partial charge in [-0.2, -0.15) is 0 Å². The van der Waals surface area contributed by atoms with Crippen LogP contribution >= 0.6 is 23.4 Å². The molecule has 0 aliphatic carbocycles. The first kappa shape index (κ1) is 23.8. The summed E-state index contributed by atoms with van der Waals surface area (Å²) >= 11 is 6.97. The van der Waals surface area contributed by atoms with E-state index in [9.17, 15) is 14.7 Å². The molecule has 0 saturated carbocycles. The normalized spacial score (nSPS) is 11.1. The van der Waals surface area contributed by atoms with E-state index in [0.717, 1.165) is 17.3 Å². The lowest BCUT2D eigenvalue weighted by molar-refractivity contribution is 0.414. The highest BCUT2D eigenvalue weighted by atomic mass is 35.5. The van der Waals surface area contributed by atoms with Crippen molar-refractivity contribution in [3.05, 3.63) is 110 Å². The molecule has 2 heterocycles. The topological polar surface area (TPSA) is 81.7 Å². The number of pyridine rings is 1. The lowest BCUT2D eigenvalue weighted by Gasteiger charge is -2.19. The van der Waals surface area contributed by atoms with Gasteiger partial charge in [-0.1, -0.05) is 59.8 Å². The van der Waals surface area contributed by atoms with Crippen LogP contribution in [0.5, 0.6) is 11.5 Å². The minimum Gasteiger partial charge on any atom is -0.505 e. The molecule has 0 amide bonds. The van der Waals surface area contributed by atoms with Gasteiger partial charge in [-0.15, -0.1) is 0 Å². The number of ether oxygens (including phenoxy) is 1. The molecule has 2 aromatic heterocycles. The number of rotatable bonds is 5. The van der Waals surface area contributed by atoms with Gasteiger partial charge in [0.25, 0.3) is 5.56 Å². The summed E-state index contributed by atoms with van der Waals surface area (Å²) in [6.45, 7) is 1.76. The SMILES string of the molecule is COc1cccc(-n2c(-c3ccccc3)c(C)c3oc(=O)c(Sc4ccc(Cl)cc4)c(O)c3c2=O)c1. The number of fused-ring (bicyclic) bond motifs is 1. The Morgan fingerprint density at radius 2 is 1.69 bits per heavy atom. The first-order valence-corrected chi connectivity index (χ1v) is 12.2. The Kier molecular flexibility index (Phi) is 6.35. The van der Waals surface area contributed by atoms with E-state index < -0.39 is 16.9 Å². The van der Waals surface area contributed by atoms with E-state index in [-0.39, 0.29) is 15.9 Å². The van der Waals surface area contributed by atoms with Gasteiger partial charge < -0.3 is 14.3 Å². The fraction of sp³-hybridized carbons (Fsp3) is 0.0714. The lowest BCUT2D eigenvalue weighted by atomic mass is 10.0. The minimum atomic E-state index is -0.736. The van der Waals surface area contributed by atoms with Crippen molar-refractivity contribution in [1.29, 1.82) is 0 Å². The van der Waals surface area contributed by atoms with Crippen LogP contribution < -0.4 is 15.9 Å². The van der Waals surface area contributed by atoms with E-state index in [4.69, 9.17) is 20.8 Å². The summed E-state index contributed by atoms with van der Waals surface area (Å²) < 4.78 is 12.6. The zero-order valence-electron chi connectivity index (χ0n) is 19.3. The highest BCUT2D eigenvalue weighted by molar-refractivity contribution is 7.99. The quantitative estimate of drug-likeness (QED) is 0.289. The molecule has 36 heavy (non-hydrogen) atoms. The summed E-state index contributed by atoms with van der Waals surface area (Å²) in [5.74, 6) is 0.143. The van der Waals surface area contributed by atoms with Gasteiger partial charge in [0.1, 0.15) is 16.0 Å². The molecule has 0 aliphatic rings. The first-order chi connectivity index (χ1) is 17.4. The number of halogens is 1. The van der Waals surface area contributed by atoms with E-state index in [2.05, 4.69) is 0 Å². The number of benzene rings is 3. The van der Waals surface area contributed by atoms with Crippen molar-refractivity contribution in [3.63, 3.8) is 0 Å². The summed E-state index contributed by atoms with van der Waals surface area (Å²) in [4.78, 5) is 27.6. The van der Waals surface area contributed by atoms with Gasteiger partial charge in [-0.25, -0.2) is 4.79 Å². The van der Waals surface area contributed by atoms with E-state index in [0.29, 0.717) is 32.6 Å². The van der Waals surface area contributed by atoms with Gasteiger partial charge in [0.05, 0.1) is 18.5 Å². The number of nitrogens with zero attached hydrogens (tertiary/aromatic N) is 1. The number of aromatic hydroxyl groups is 1. The molecule has 0 atom stereocenters. The molecule has 5 aromatic rings. The van der Waals surface area contributed by atoms with Crippen molar-refractivity contribution in [2.24, 2.45) is 0 Å². The molecule has 0 fully saturated rings. The van der Waals surface area contributed by atoms with Crippen molar-refractivity contribution in [2.45, 2.75) is 16.7 Å². The Labute approximate surface area is 215 Å². The van der Waals surface area contributed by atoms with Crippen molar-refractivity contribution in [1.82, 2.24) is 4.57 Å². The standard InChI is InChI=1S/C28H20ClNO5S/c1-16-23(17-7-4-3-5-8-17)30(19-9-6-10-20(15-19)34-2)27(32)22-24(31)26(28(33)35-25(16)22)36-21-13-11-18(29)12-14-21/h3-15,31H,1-2H3. The molecule has 180 valence electrons. The van der Waals surface area contributed by atoms with Crippen LogP contribution in [0.4, 0.5) is 0 Å². The van der Waals surface area contributed by atoms with Gasteiger partial charge in [0.15, 0.2) is 11.3 Å². The molecule has 0 spiro atoms. The van der Waals surface area contributed by atoms with E-state index >= 15 is 0 Å². The van der Waals surface area contributed by atoms with Gasteiger partial charge in [0, 0.05) is 21.5 Å². The van der Waals surface area contributed by atoms with Crippen molar-refractivity contribution >= 4 is 34.3 Å². The molecule has 0 aliphatic heterocycles. The maximum atomic E-state index is 14.0. The molecule has 0 saturated heterocycles. The van der Waals surface area contributed by atoms with Gasteiger partial charge in [-0.3, -0.25) is 9.36 Å². The fourth-order valence-electron chi connectivity index (χ4n) is 4.11. The Bertz CT molecular complexity index is 1710. The summed E-state index contributed by atoms with van der Waals surface area (Å²) in [5.41, 5.74) is 1.15. The second-order valence-electron chi connectivity index (χ2n) is 8.01. The maximum absolute atomic E-state index is 14.0. The average molecular weight is 518 g/mol. The third-order valence-corrected chi connectivity index (χ3v) is 7.11. The Hall–Kier alpha value is -3.94. The Balaban J connectivity index is 1.86. The summed E-state index contributed by atoms with van der Waals surface area (Å²) in [5, 5.41) is 11.7. The highest BCUT2D eigenvalue weighted by Crippen LogP contribution is 2.38. The number of aryl methyl sites for hydroxylation is 1. The number of methoxy groups -OCH3 is 1. The van der Waals surface area contributed by atoms with Crippen LogP contribution in [-0.2, 0) is 0 Å². The van der Waals surface area contributed by atoms with E-state index in [1.165, 1.54) is 4.57 Å². The number of hydrogen-bond acceptors (Lipinski definition) is 6. The Morgan fingerprint density at radius 1 is 0.972 bits per heavy atom. The summed E-state index contributed by atoms with van der Waals surface area (Å²) in [6.07, 6.45) is 0. The van der Waals surface area contributed by atoms with Gasteiger partial charge >= 0.3 is 5.63 Å². The van der Waals surface area contributed by atoms with Crippen LogP contribution in [0.1, 0.15) is 5.56 Å². The zero-order chi connectivity index (χ0) is 25.4. The van der Waals surface area contributed by atoms with Crippen LogP contribution in [-0.4, -0.2) is 16.8 Å². The predicted octanol–water partition coefficient (Wildman–Crippen LogP) is 6.44. The molecular weight excluding hydrogens is 498 g/mol. The third-order valence-electron chi connectivity index (χ3n) is 5.79. The van der Waals surface area contributed by atoms with Crippen molar-refractivity contribution in [2.75, 3.05) is 7.11 Å². The highest BCUT2D eigenvalue weighted by Gasteiger charge is 2.25. The predicted molar refractivity (Wildman–Crippen MR) is 142 cm³/mol. The average Bonchev–Trinajstić information content (AvgIpc) is 2.89. The fourth-order valence-corrected chi connectivity index (χ4v) is 5.06. The monoisotopic (exact) mass is 517 g/mol. The lowest BCUT2D eigenvalue weighted by Crippen LogP contribution is -2.23. The number of hydrogen-bond donors (Lipinski definition) is 1. The van der Waals surface area contributed by atoms with E-state index in [1.807, 2.05) is 30.3 Å². The molecule has 0 bridgehead atoms. The number of aromatic nitrogens is 1. The van der Waals surface area contributed by atoms with Crippen LogP contribution in [0.3, 0.4) is 0 Å². The largest absolute Gasteiger partial charge is 0.505 e. The smallest absolute Gasteiger partial charge is 0.354 e. The van der Waals surface area contributed by atoms with Crippen LogP contribution in [0.2, 0.25) is 5.02 Å². The zero-order valence-corrected chi connectivity index (χ0v) is 20.9. The van der Waals surface area contributed by atoms with E-state index in [1.54, 1.807) is 62.6 Å². The van der Waals surface area contributed by atoms with Gasteiger partial charge in [-0.05, 0) is 48.9 Å². The van der Waals surface area contributed by atoms with Crippen molar-refractivity contribution in [3.8, 4) is 28.4 Å².